The van der Waals surface area contributed by atoms with Crippen LogP contribution in [0.15, 0.2) is 17.0 Å². The molecule has 0 unspecified atom stereocenters. The van der Waals surface area contributed by atoms with Crippen LogP contribution in [0.2, 0.25) is 0 Å². The van der Waals surface area contributed by atoms with Gasteiger partial charge in [-0.05, 0) is 37.8 Å². The van der Waals surface area contributed by atoms with Gasteiger partial charge in [0.25, 0.3) is 5.69 Å². The number of nitrogens with zero attached hydrogens (tertiary/aromatic N) is 1. The predicted octanol–water partition coefficient (Wildman–Crippen LogP) is 1.01. The highest BCUT2D eigenvalue weighted by molar-refractivity contribution is 7.89. The highest BCUT2D eigenvalue weighted by atomic mass is 32.2. The lowest BCUT2D eigenvalue weighted by Crippen LogP contribution is -2.39. The van der Waals surface area contributed by atoms with Crippen molar-refractivity contribution in [3.63, 3.8) is 0 Å². The smallest absolute Gasteiger partial charge is 0.271 e. The molecular formula is C12H16N2O5S. The molecule has 1 aromatic carbocycles. The van der Waals surface area contributed by atoms with Gasteiger partial charge in [0.05, 0.1) is 22.0 Å². The largest absolute Gasteiger partial charge is 0.394 e. The second-order valence-electron chi connectivity index (χ2n) is 5.19. The molecule has 0 heterocycles. The fourth-order valence-electron chi connectivity index (χ4n) is 1.98. The first kappa shape index (κ1) is 14.9. The molecule has 1 saturated carbocycles. The van der Waals surface area contributed by atoms with Gasteiger partial charge in [-0.25, -0.2) is 13.1 Å². The van der Waals surface area contributed by atoms with E-state index in [2.05, 4.69) is 4.72 Å². The maximum atomic E-state index is 12.3. The lowest BCUT2D eigenvalue weighted by Gasteiger charge is -2.16. The average Bonchev–Trinajstić information content (AvgIpc) is 3.11. The van der Waals surface area contributed by atoms with Gasteiger partial charge in [0.1, 0.15) is 0 Å². The number of nitrogens with one attached hydrogen (secondary N) is 1. The normalized spacial score (nSPS) is 16.9. The lowest BCUT2D eigenvalue weighted by atomic mass is 10.1. The molecule has 0 bridgehead atoms. The summed E-state index contributed by atoms with van der Waals surface area (Å²) in [6, 6.07) is 2.39. The number of hydrogen-bond donors (Lipinski definition) is 2. The van der Waals surface area contributed by atoms with Crippen LogP contribution in [0.3, 0.4) is 0 Å². The maximum absolute atomic E-state index is 12.3. The van der Waals surface area contributed by atoms with Gasteiger partial charge in [0, 0.05) is 12.1 Å². The third kappa shape index (κ3) is 2.67. The fraction of sp³-hybridized carbons (Fsp3) is 0.500. The topological polar surface area (TPSA) is 110 Å². The first-order valence-electron chi connectivity index (χ1n) is 6.11. The molecule has 0 aliphatic heterocycles. The van der Waals surface area contributed by atoms with Gasteiger partial charge in [-0.3, -0.25) is 10.1 Å². The van der Waals surface area contributed by atoms with Crippen LogP contribution < -0.4 is 4.72 Å². The molecule has 2 rings (SSSR count). The number of non-ortho nitro benzene ring substituents is 1. The number of hydrogen-bond acceptors (Lipinski definition) is 5. The summed E-state index contributed by atoms with van der Waals surface area (Å²) in [6.07, 6.45) is 1.13. The Morgan fingerprint density at radius 2 is 2.00 bits per heavy atom. The van der Waals surface area contributed by atoms with Crippen LogP contribution in [0.5, 0.6) is 0 Å². The summed E-state index contributed by atoms with van der Waals surface area (Å²) in [4.78, 5) is 10.1. The standard InChI is InChI=1S/C12H16N2O5S/c1-8-5-10(14(16)17)6-11(9(8)2)20(18,19)13-12(7-15)3-4-12/h5-6,13,15H,3-4,7H2,1-2H3. The molecule has 1 aliphatic rings. The summed E-state index contributed by atoms with van der Waals surface area (Å²) < 4.78 is 27.1. The zero-order valence-electron chi connectivity index (χ0n) is 11.2. The quantitative estimate of drug-likeness (QED) is 0.623. The average molecular weight is 300 g/mol. The second-order valence-corrected chi connectivity index (χ2v) is 6.84. The van der Waals surface area contributed by atoms with Crippen molar-refractivity contribution in [2.75, 3.05) is 6.61 Å². The summed E-state index contributed by atoms with van der Waals surface area (Å²) >= 11 is 0. The summed E-state index contributed by atoms with van der Waals surface area (Å²) in [5.74, 6) is 0. The Morgan fingerprint density at radius 1 is 1.40 bits per heavy atom. The first-order valence-corrected chi connectivity index (χ1v) is 7.60. The number of sulfonamides is 1. The van der Waals surface area contributed by atoms with Gasteiger partial charge in [-0.15, -0.1) is 0 Å². The van der Waals surface area contributed by atoms with Crippen molar-refractivity contribution >= 4 is 15.7 Å². The van der Waals surface area contributed by atoms with E-state index in [1.807, 2.05) is 0 Å². The van der Waals surface area contributed by atoms with Crippen LogP contribution in [0.1, 0.15) is 24.0 Å². The molecule has 7 nitrogen and oxygen atoms in total. The monoisotopic (exact) mass is 300 g/mol. The van der Waals surface area contributed by atoms with Gasteiger partial charge in [-0.2, -0.15) is 0 Å². The lowest BCUT2D eigenvalue weighted by molar-refractivity contribution is -0.385. The minimum atomic E-state index is -3.89. The van der Waals surface area contributed by atoms with E-state index in [0.717, 1.165) is 6.07 Å². The SMILES string of the molecule is Cc1cc([N+](=O)[O-])cc(S(=O)(=O)NC2(CO)CC2)c1C. The minimum absolute atomic E-state index is 0.107. The highest BCUT2D eigenvalue weighted by Gasteiger charge is 2.46. The molecule has 110 valence electrons. The molecule has 1 aromatic rings. The zero-order valence-corrected chi connectivity index (χ0v) is 12.0. The van der Waals surface area contributed by atoms with Gasteiger partial charge >= 0.3 is 0 Å². The first-order chi connectivity index (χ1) is 9.21. The molecule has 0 spiro atoms. The van der Waals surface area contributed by atoms with Crippen LogP contribution in [-0.4, -0.2) is 30.6 Å². The van der Waals surface area contributed by atoms with Gasteiger partial charge < -0.3 is 5.11 Å². The summed E-state index contributed by atoms with van der Waals surface area (Å²) in [7, 11) is -3.89. The Hall–Kier alpha value is -1.51. The van der Waals surface area contributed by atoms with Crippen LogP contribution in [-0.2, 0) is 10.0 Å². The number of aliphatic hydroxyl groups is 1. The number of rotatable bonds is 5. The number of benzene rings is 1. The van der Waals surface area contributed by atoms with Crippen molar-refractivity contribution < 1.29 is 18.4 Å². The molecule has 0 amide bonds. The van der Waals surface area contributed by atoms with E-state index in [0.29, 0.717) is 24.0 Å². The molecule has 0 aromatic heterocycles. The maximum Gasteiger partial charge on any atom is 0.271 e. The Bertz CT molecular complexity index is 665. The zero-order chi connectivity index (χ0) is 15.1. The molecule has 20 heavy (non-hydrogen) atoms. The second kappa shape index (κ2) is 4.80. The molecule has 8 heteroatoms. The molecule has 0 radical (unpaired) electrons. The number of nitro groups is 1. The summed E-state index contributed by atoms with van der Waals surface area (Å²) in [5.41, 5.74) is -0.0587. The molecule has 1 aliphatic carbocycles. The van der Waals surface area contributed by atoms with Gasteiger partial charge in [-0.1, -0.05) is 0 Å². The Labute approximate surface area is 116 Å². The molecule has 2 N–H and O–H groups in total. The fourth-order valence-corrected chi connectivity index (χ4v) is 3.77. The van der Waals surface area contributed by atoms with Crippen molar-refractivity contribution in [3.8, 4) is 0 Å². The summed E-state index contributed by atoms with van der Waals surface area (Å²) in [5, 5.41) is 20.0. The number of aliphatic hydroxyl groups excluding tert-OH is 1. The van der Waals surface area contributed by atoms with Gasteiger partial charge in [0.2, 0.25) is 10.0 Å². The third-order valence-corrected chi connectivity index (χ3v) is 5.32. The molecule has 1 fully saturated rings. The van der Waals surface area contributed by atoms with E-state index < -0.39 is 20.5 Å². The van der Waals surface area contributed by atoms with Crippen molar-refractivity contribution in [1.29, 1.82) is 0 Å². The van der Waals surface area contributed by atoms with Crippen molar-refractivity contribution in [2.24, 2.45) is 0 Å². The predicted molar refractivity (Wildman–Crippen MR) is 71.9 cm³/mol. The van der Waals surface area contributed by atoms with Crippen LogP contribution in [0.25, 0.3) is 0 Å². The highest BCUT2D eigenvalue weighted by Crippen LogP contribution is 2.37. The van der Waals surface area contributed by atoms with E-state index in [1.54, 1.807) is 13.8 Å². The third-order valence-electron chi connectivity index (χ3n) is 3.61. The number of nitro benzene ring substituents is 1. The Kier molecular flexibility index (Phi) is 3.57. The van der Waals surface area contributed by atoms with Gasteiger partial charge in [0.15, 0.2) is 0 Å². The summed E-state index contributed by atoms with van der Waals surface area (Å²) in [6.45, 7) is 2.95. The van der Waals surface area contributed by atoms with Crippen molar-refractivity contribution in [1.82, 2.24) is 4.72 Å². The van der Waals surface area contributed by atoms with E-state index in [9.17, 15) is 23.6 Å². The molecule has 0 atom stereocenters. The number of aryl methyl sites for hydroxylation is 1. The van der Waals surface area contributed by atoms with Crippen LogP contribution in [0.4, 0.5) is 5.69 Å². The Balaban J connectivity index is 2.48. The van der Waals surface area contributed by atoms with E-state index in [4.69, 9.17) is 0 Å². The van der Waals surface area contributed by atoms with E-state index in [-0.39, 0.29) is 17.2 Å². The van der Waals surface area contributed by atoms with E-state index in [1.165, 1.54) is 6.07 Å². The van der Waals surface area contributed by atoms with E-state index >= 15 is 0 Å². The van der Waals surface area contributed by atoms with Crippen molar-refractivity contribution in [2.45, 2.75) is 37.1 Å². The molecular weight excluding hydrogens is 284 g/mol. The van der Waals surface area contributed by atoms with Crippen molar-refractivity contribution in [3.05, 3.63) is 33.4 Å². The minimum Gasteiger partial charge on any atom is -0.394 e. The van der Waals surface area contributed by atoms with Crippen LogP contribution in [0, 0.1) is 24.0 Å². The molecule has 0 saturated heterocycles. The van der Waals surface area contributed by atoms with Crippen LogP contribution >= 0.6 is 0 Å². The Morgan fingerprint density at radius 3 is 2.45 bits per heavy atom.